The third-order valence-electron chi connectivity index (χ3n) is 3.50. The predicted octanol–water partition coefficient (Wildman–Crippen LogP) is 3.45. The third-order valence-corrected chi connectivity index (χ3v) is 3.50. The average Bonchev–Trinajstić information content (AvgIpc) is 2.53. The molecule has 0 aliphatic carbocycles. The Kier molecular flexibility index (Phi) is 3.44. The minimum atomic E-state index is 0.479. The molecule has 4 nitrogen and oxygen atoms in total. The first-order valence-electron chi connectivity index (χ1n) is 6.92. The van der Waals surface area contributed by atoms with Crippen LogP contribution >= 0.6 is 0 Å². The van der Waals surface area contributed by atoms with E-state index in [1.165, 1.54) is 0 Å². The van der Waals surface area contributed by atoms with E-state index in [1.807, 2.05) is 37.3 Å². The Morgan fingerprint density at radius 1 is 1.10 bits per heavy atom. The predicted molar refractivity (Wildman–Crippen MR) is 85.3 cm³/mol. The molecule has 3 rings (SSSR count). The molecule has 2 N–H and O–H groups in total. The lowest BCUT2D eigenvalue weighted by atomic mass is 10.0. The summed E-state index contributed by atoms with van der Waals surface area (Å²) < 4.78 is 5.50. The molecule has 0 saturated carbocycles. The van der Waals surface area contributed by atoms with Crippen LogP contribution in [0.25, 0.3) is 22.2 Å². The Morgan fingerprint density at radius 2 is 1.90 bits per heavy atom. The summed E-state index contributed by atoms with van der Waals surface area (Å²) in [6.45, 7) is 2.05. The number of nitrogens with two attached hydrogens (primary N) is 1. The van der Waals surface area contributed by atoms with E-state index in [1.54, 1.807) is 13.2 Å². The summed E-state index contributed by atoms with van der Waals surface area (Å²) in [7, 11) is 1.65. The van der Waals surface area contributed by atoms with Gasteiger partial charge in [-0.25, -0.2) is 9.97 Å². The number of anilines is 1. The number of nitrogen functional groups attached to an aromatic ring is 1. The maximum absolute atomic E-state index is 5.92. The van der Waals surface area contributed by atoms with E-state index in [9.17, 15) is 0 Å². The van der Waals surface area contributed by atoms with E-state index in [-0.39, 0.29) is 0 Å². The van der Waals surface area contributed by atoms with Crippen LogP contribution in [0.4, 0.5) is 5.82 Å². The first-order valence-corrected chi connectivity index (χ1v) is 6.92. The largest absolute Gasteiger partial charge is 0.496 e. The van der Waals surface area contributed by atoms with Crippen LogP contribution in [0.1, 0.15) is 12.6 Å². The van der Waals surface area contributed by atoms with Gasteiger partial charge in [-0.2, -0.15) is 0 Å². The van der Waals surface area contributed by atoms with Crippen LogP contribution in [0, 0.1) is 0 Å². The van der Waals surface area contributed by atoms with Gasteiger partial charge in [0.25, 0.3) is 0 Å². The highest BCUT2D eigenvalue weighted by Gasteiger charge is 2.14. The van der Waals surface area contributed by atoms with Gasteiger partial charge in [0.1, 0.15) is 11.6 Å². The highest BCUT2D eigenvalue weighted by molar-refractivity contribution is 5.98. The fourth-order valence-electron chi connectivity index (χ4n) is 2.46. The zero-order valence-corrected chi connectivity index (χ0v) is 12.1. The third kappa shape index (κ3) is 2.40. The standard InChI is InChI=1S/C17H17N3O/c1-3-12-10-15(18)20-17(19-12)16-13-7-5-4-6-11(13)8-9-14(16)21-2/h4-10H,3H2,1-2H3,(H2,18,19,20). The molecule has 2 aromatic carbocycles. The first-order chi connectivity index (χ1) is 10.2. The molecule has 0 amide bonds. The van der Waals surface area contributed by atoms with E-state index in [4.69, 9.17) is 10.5 Å². The van der Waals surface area contributed by atoms with E-state index in [2.05, 4.69) is 16.0 Å². The van der Waals surface area contributed by atoms with Crippen LogP contribution in [0.5, 0.6) is 5.75 Å². The zero-order chi connectivity index (χ0) is 14.8. The van der Waals surface area contributed by atoms with Crippen molar-refractivity contribution >= 4 is 16.6 Å². The number of aryl methyl sites for hydroxylation is 1. The van der Waals surface area contributed by atoms with Gasteiger partial charge in [-0.1, -0.05) is 37.3 Å². The quantitative estimate of drug-likeness (QED) is 0.797. The SMILES string of the molecule is CCc1cc(N)nc(-c2c(OC)ccc3ccccc23)n1. The lowest BCUT2D eigenvalue weighted by Gasteiger charge is -2.12. The summed E-state index contributed by atoms with van der Waals surface area (Å²) in [6, 6.07) is 13.9. The van der Waals surface area contributed by atoms with Gasteiger partial charge in [0, 0.05) is 11.8 Å². The number of hydrogen-bond donors (Lipinski definition) is 1. The Morgan fingerprint density at radius 3 is 2.67 bits per heavy atom. The number of hydrogen-bond acceptors (Lipinski definition) is 4. The molecule has 0 spiro atoms. The van der Waals surface area contributed by atoms with Gasteiger partial charge in [0.2, 0.25) is 0 Å². The second-order valence-electron chi connectivity index (χ2n) is 4.83. The van der Waals surface area contributed by atoms with Crippen molar-refractivity contribution in [2.45, 2.75) is 13.3 Å². The molecular formula is C17H17N3O. The van der Waals surface area contributed by atoms with Crippen LogP contribution in [-0.2, 0) is 6.42 Å². The number of methoxy groups -OCH3 is 1. The summed E-state index contributed by atoms with van der Waals surface area (Å²) in [5.74, 6) is 1.84. The topological polar surface area (TPSA) is 61.0 Å². The Bertz CT molecular complexity index is 799. The molecule has 0 atom stereocenters. The second kappa shape index (κ2) is 5.40. The molecule has 0 bridgehead atoms. The van der Waals surface area contributed by atoms with Crippen molar-refractivity contribution in [1.82, 2.24) is 9.97 Å². The molecule has 0 aliphatic rings. The minimum Gasteiger partial charge on any atom is -0.496 e. The molecule has 106 valence electrons. The van der Waals surface area contributed by atoms with Crippen LogP contribution < -0.4 is 10.5 Å². The number of rotatable bonds is 3. The highest BCUT2D eigenvalue weighted by atomic mass is 16.5. The molecule has 4 heteroatoms. The van der Waals surface area contributed by atoms with Crippen molar-refractivity contribution in [2.24, 2.45) is 0 Å². The van der Waals surface area contributed by atoms with Gasteiger partial charge in [-0.05, 0) is 23.3 Å². The van der Waals surface area contributed by atoms with E-state index in [0.717, 1.165) is 34.2 Å². The molecule has 1 aromatic heterocycles. The molecule has 0 radical (unpaired) electrons. The molecule has 0 aliphatic heterocycles. The average molecular weight is 279 g/mol. The lowest BCUT2D eigenvalue weighted by molar-refractivity contribution is 0.416. The fourth-order valence-corrected chi connectivity index (χ4v) is 2.46. The summed E-state index contributed by atoms with van der Waals surface area (Å²) in [4.78, 5) is 9.01. The monoisotopic (exact) mass is 279 g/mol. The first kappa shape index (κ1) is 13.4. The number of ether oxygens (including phenoxy) is 1. The number of fused-ring (bicyclic) bond motifs is 1. The Balaban J connectivity index is 2.35. The van der Waals surface area contributed by atoms with Crippen LogP contribution in [0.3, 0.4) is 0 Å². The number of aromatic nitrogens is 2. The summed E-state index contributed by atoms with van der Waals surface area (Å²) >= 11 is 0. The Labute approximate surface area is 123 Å². The zero-order valence-electron chi connectivity index (χ0n) is 12.1. The summed E-state index contributed by atoms with van der Waals surface area (Å²) in [5, 5.41) is 2.18. The molecule has 1 heterocycles. The van der Waals surface area contributed by atoms with Gasteiger partial charge in [0.05, 0.1) is 12.7 Å². The van der Waals surface area contributed by atoms with Gasteiger partial charge in [-0.3, -0.25) is 0 Å². The molecule has 0 fully saturated rings. The van der Waals surface area contributed by atoms with E-state index >= 15 is 0 Å². The maximum Gasteiger partial charge on any atom is 0.166 e. The fraction of sp³-hybridized carbons (Fsp3) is 0.176. The molecule has 21 heavy (non-hydrogen) atoms. The van der Waals surface area contributed by atoms with E-state index in [0.29, 0.717) is 11.6 Å². The van der Waals surface area contributed by atoms with Crippen LogP contribution in [0.2, 0.25) is 0 Å². The molecule has 0 saturated heterocycles. The number of nitrogens with zero attached hydrogens (tertiary/aromatic N) is 2. The molecule has 0 unspecified atom stereocenters. The van der Waals surface area contributed by atoms with Gasteiger partial charge in [0.15, 0.2) is 5.82 Å². The van der Waals surface area contributed by atoms with Crippen molar-refractivity contribution in [3.05, 3.63) is 48.2 Å². The normalized spacial score (nSPS) is 10.8. The van der Waals surface area contributed by atoms with Crippen LogP contribution in [0.15, 0.2) is 42.5 Å². The summed E-state index contributed by atoms with van der Waals surface area (Å²) in [6.07, 6.45) is 0.812. The second-order valence-corrected chi connectivity index (χ2v) is 4.83. The van der Waals surface area contributed by atoms with Crippen molar-refractivity contribution in [1.29, 1.82) is 0 Å². The van der Waals surface area contributed by atoms with Crippen molar-refractivity contribution < 1.29 is 4.74 Å². The van der Waals surface area contributed by atoms with E-state index < -0.39 is 0 Å². The highest BCUT2D eigenvalue weighted by Crippen LogP contribution is 2.35. The molecule has 3 aromatic rings. The van der Waals surface area contributed by atoms with Crippen molar-refractivity contribution in [3.63, 3.8) is 0 Å². The minimum absolute atomic E-state index is 0.479. The van der Waals surface area contributed by atoms with Crippen molar-refractivity contribution in [2.75, 3.05) is 12.8 Å². The van der Waals surface area contributed by atoms with Crippen molar-refractivity contribution in [3.8, 4) is 17.1 Å². The van der Waals surface area contributed by atoms with Gasteiger partial charge in [-0.15, -0.1) is 0 Å². The number of benzene rings is 2. The lowest BCUT2D eigenvalue weighted by Crippen LogP contribution is -2.01. The van der Waals surface area contributed by atoms with Crippen LogP contribution in [-0.4, -0.2) is 17.1 Å². The Hall–Kier alpha value is -2.62. The molecular weight excluding hydrogens is 262 g/mol. The maximum atomic E-state index is 5.92. The summed E-state index contributed by atoms with van der Waals surface area (Å²) in [5.41, 5.74) is 7.73. The van der Waals surface area contributed by atoms with Gasteiger partial charge >= 0.3 is 0 Å². The smallest absolute Gasteiger partial charge is 0.166 e. The van der Waals surface area contributed by atoms with Gasteiger partial charge < -0.3 is 10.5 Å².